The van der Waals surface area contributed by atoms with Gasteiger partial charge in [-0.3, -0.25) is 9.89 Å². The van der Waals surface area contributed by atoms with Crippen molar-refractivity contribution < 1.29 is 4.79 Å². The summed E-state index contributed by atoms with van der Waals surface area (Å²) in [5.74, 6) is 0.823. The van der Waals surface area contributed by atoms with Gasteiger partial charge in [0.2, 0.25) is 0 Å². The number of anilines is 1. The normalized spacial score (nSPS) is 10.6. The monoisotopic (exact) mass is 253 g/mol. The van der Waals surface area contributed by atoms with Crippen LogP contribution >= 0.6 is 0 Å². The van der Waals surface area contributed by atoms with E-state index in [0.717, 1.165) is 0 Å². The van der Waals surface area contributed by atoms with Crippen molar-refractivity contribution in [2.75, 3.05) is 5.32 Å². The van der Waals surface area contributed by atoms with Gasteiger partial charge < -0.3 is 5.32 Å². The van der Waals surface area contributed by atoms with Crippen LogP contribution in [-0.4, -0.2) is 26.1 Å². The van der Waals surface area contributed by atoms with Crippen LogP contribution in [0.2, 0.25) is 0 Å². The first-order chi connectivity index (χ1) is 9.24. The number of aryl methyl sites for hydroxylation is 1. The quantitative estimate of drug-likeness (QED) is 0.730. The number of carbonyl (C=O) groups is 1. The Morgan fingerprint density at radius 3 is 2.84 bits per heavy atom. The molecular formula is C13H11N5O. The Morgan fingerprint density at radius 2 is 2.05 bits per heavy atom. The van der Waals surface area contributed by atoms with Gasteiger partial charge in [-0.05, 0) is 19.1 Å². The van der Waals surface area contributed by atoms with Crippen LogP contribution in [0.25, 0.3) is 11.0 Å². The third kappa shape index (κ3) is 2.15. The Morgan fingerprint density at radius 1 is 1.26 bits per heavy atom. The molecule has 6 heteroatoms. The number of amides is 1. The van der Waals surface area contributed by atoms with Gasteiger partial charge in [0.05, 0.1) is 6.20 Å². The van der Waals surface area contributed by atoms with Crippen molar-refractivity contribution in [1.29, 1.82) is 0 Å². The Kier molecular flexibility index (Phi) is 2.68. The molecular weight excluding hydrogens is 242 g/mol. The summed E-state index contributed by atoms with van der Waals surface area (Å²) < 4.78 is 0. The summed E-state index contributed by atoms with van der Waals surface area (Å²) in [6, 6.07) is 8.96. The lowest BCUT2D eigenvalue weighted by Crippen LogP contribution is -2.12. The van der Waals surface area contributed by atoms with Gasteiger partial charge in [0.1, 0.15) is 16.9 Å². The predicted molar refractivity (Wildman–Crippen MR) is 70.8 cm³/mol. The molecule has 0 saturated heterocycles. The number of rotatable bonds is 2. The average molecular weight is 253 g/mol. The molecule has 0 unspecified atom stereocenters. The number of aromatic amines is 1. The van der Waals surface area contributed by atoms with Crippen molar-refractivity contribution in [3.8, 4) is 0 Å². The van der Waals surface area contributed by atoms with E-state index in [-0.39, 0.29) is 5.91 Å². The summed E-state index contributed by atoms with van der Waals surface area (Å²) in [6.45, 7) is 1.79. The highest BCUT2D eigenvalue weighted by molar-refractivity contribution is 6.06. The molecule has 0 spiro atoms. The predicted octanol–water partition coefficient (Wildman–Crippen LogP) is 1.91. The number of H-pyrrole nitrogens is 1. The van der Waals surface area contributed by atoms with Crippen LogP contribution in [0.5, 0.6) is 0 Å². The van der Waals surface area contributed by atoms with Crippen LogP contribution in [0.1, 0.15) is 16.2 Å². The summed E-state index contributed by atoms with van der Waals surface area (Å²) in [5, 5.41) is 9.56. The van der Waals surface area contributed by atoms with E-state index in [1.54, 1.807) is 25.3 Å². The summed E-state index contributed by atoms with van der Waals surface area (Å²) in [4.78, 5) is 20.4. The fraction of sp³-hybridized carbons (Fsp3) is 0.0769. The van der Waals surface area contributed by atoms with Gasteiger partial charge in [-0.15, -0.1) is 0 Å². The Balaban J connectivity index is 1.94. The highest BCUT2D eigenvalue weighted by Gasteiger charge is 2.12. The van der Waals surface area contributed by atoms with Crippen molar-refractivity contribution >= 4 is 22.8 Å². The van der Waals surface area contributed by atoms with Crippen LogP contribution in [0.4, 0.5) is 5.82 Å². The van der Waals surface area contributed by atoms with E-state index in [1.165, 1.54) is 0 Å². The Labute approximate surface area is 108 Å². The van der Waals surface area contributed by atoms with Gasteiger partial charge in [-0.1, -0.05) is 18.2 Å². The molecule has 0 aliphatic rings. The van der Waals surface area contributed by atoms with E-state index in [2.05, 4.69) is 25.5 Å². The average Bonchev–Trinajstić information content (AvgIpc) is 2.82. The zero-order valence-electron chi connectivity index (χ0n) is 10.2. The topological polar surface area (TPSA) is 83.6 Å². The first-order valence-electron chi connectivity index (χ1n) is 5.78. The van der Waals surface area contributed by atoms with E-state index in [4.69, 9.17) is 0 Å². The number of aromatic nitrogens is 4. The van der Waals surface area contributed by atoms with Crippen molar-refractivity contribution in [3.05, 3.63) is 47.9 Å². The van der Waals surface area contributed by atoms with Crippen LogP contribution in [0.15, 0.2) is 36.5 Å². The van der Waals surface area contributed by atoms with Crippen molar-refractivity contribution in [2.24, 2.45) is 0 Å². The van der Waals surface area contributed by atoms with Gasteiger partial charge in [-0.25, -0.2) is 9.97 Å². The maximum Gasteiger partial charge on any atom is 0.256 e. The minimum atomic E-state index is -0.217. The van der Waals surface area contributed by atoms with E-state index < -0.39 is 0 Å². The second-order valence-corrected chi connectivity index (χ2v) is 4.07. The third-order valence-corrected chi connectivity index (χ3v) is 2.69. The summed E-state index contributed by atoms with van der Waals surface area (Å²) in [5.41, 5.74) is 1.87. The van der Waals surface area contributed by atoms with E-state index in [1.807, 2.05) is 18.2 Å². The minimum absolute atomic E-state index is 0.217. The fourth-order valence-corrected chi connectivity index (χ4v) is 1.76. The fourth-order valence-electron chi connectivity index (χ4n) is 1.76. The summed E-state index contributed by atoms with van der Waals surface area (Å²) in [7, 11) is 0. The number of hydrogen-bond donors (Lipinski definition) is 2. The van der Waals surface area contributed by atoms with Crippen LogP contribution in [-0.2, 0) is 0 Å². The summed E-state index contributed by atoms with van der Waals surface area (Å²) >= 11 is 0. The molecule has 0 bridgehead atoms. The Hall–Kier alpha value is -2.76. The molecule has 0 aliphatic carbocycles. The molecule has 3 aromatic rings. The SMILES string of the molecule is Cc1ncc2[nH]nc(NC(=O)c3ccccc3)c2n1. The first kappa shape index (κ1) is 11.3. The number of hydrogen-bond acceptors (Lipinski definition) is 4. The highest BCUT2D eigenvalue weighted by atomic mass is 16.1. The third-order valence-electron chi connectivity index (χ3n) is 2.69. The molecule has 1 amide bonds. The minimum Gasteiger partial charge on any atom is -0.303 e. The Bertz CT molecular complexity index is 735. The molecule has 19 heavy (non-hydrogen) atoms. The van der Waals surface area contributed by atoms with Crippen LogP contribution in [0, 0.1) is 6.92 Å². The van der Waals surface area contributed by atoms with E-state index in [0.29, 0.717) is 28.2 Å². The lowest BCUT2D eigenvalue weighted by molar-refractivity contribution is 0.102. The standard InChI is InChI=1S/C13H11N5O/c1-8-14-7-10-11(15-8)12(18-17-10)16-13(19)9-5-3-2-4-6-9/h2-7H,1H3,(H2,16,17,18,19). The van der Waals surface area contributed by atoms with Crippen LogP contribution < -0.4 is 5.32 Å². The van der Waals surface area contributed by atoms with Crippen molar-refractivity contribution in [3.63, 3.8) is 0 Å². The maximum atomic E-state index is 12.0. The molecule has 2 N–H and O–H groups in total. The van der Waals surface area contributed by atoms with Gasteiger partial charge >= 0.3 is 0 Å². The number of benzene rings is 1. The molecule has 6 nitrogen and oxygen atoms in total. The van der Waals surface area contributed by atoms with Crippen molar-refractivity contribution in [1.82, 2.24) is 20.2 Å². The van der Waals surface area contributed by atoms with Gasteiger partial charge in [0.15, 0.2) is 5.82 Å². The largest absolute Gasteiger partial charge is 0.303 e. The number of fused-ring (bicyclic) bond motifs is 1. The van der Waals surface area contributed by atoms with E-state index in [9.17, 15) is 4.79 Å². The molecule has 0 radical (unpaired) electrons. The zero-order valence-corrected chi connectivity index (χ0v) is 10.2. The summed E-state index contributed by atoms with van der Waals surface area (Å²) in [6.07, 6.45) is 1.64. The maximum absolute atomic E-state index is 12.0. The van der Waals surface area contributed by atoms with Crippen molar-refractivity contribution in [2.45, 2.75) is 6.92 Å². The molecule has 0 fully saturated rings. The van der Waals surface area contributed by atoms with Gasteiger partial charge in [-0.2, -0.15) is 5.10 Å². The lowest BCUT2D eigenvalue weighted by atomic mass is 10.2. The zero-order chi connectivity index (χ0) is 13.2. The van der Waals surface area contributed by atoms with Crippen LogP contribution in [0.3, 0.4) is 0 Å². The lowest BCUT2D eigenvalue weighted by Gasteiger charge is -2.01. The molecule has 3 rings (SSSR count). The first-order valence-corrected chi connectivity index (χ1v) is 5.78. The molecule has 0 aliphatic heterocycles. The van der Waals surface area contributed by atoms with Gasteiger partial charge in [0, 0.05) is 5.56 Å². The molecule has 1 aromatic carbocycles. The number of nitrogens with zero attached hydrogens (tertiary/aromatic N) is 3. The van der Waals surface area contributed by atoms with Gasteiger partial charge in [0.25, 0.3) is 5.91 Å². The molecule has 0 saturated carbocycles. The highest BCUT2D eigenvalue weighted by Crippen LogP contribution is 2.17. The second kappa shape index (κ2) is 4.49. The molecule has 2 heterocycles. The molecule has 0 atom stereocenters. The second-order valence-electron chi connectivity index (χ2n) is 4.07. The number of carbonyl (C=O) groups excluding carboxylic acids is 1. The number of nitrogens with one attached hydrogen (secondary N) is 2. The molecule has 2 aromatic heterocycles. The molecule has 94 valence electrons. The van der Waals surface area contributed by atoms with E-state index >= 15 is 0 Å². The smallest absolute Gasteiger partial charge is 0.256 e.